The minimum atomic E-state index is -0.372. The lowest BCUT2D eigenvalue weighted by Crippen LogP contribution is -2.55. The van der Waals surface area contributed by atoms with Crippen molar-refractivity contribution in [3.05, 3.63) is 35.4 Å². The molecule has 1 heterocycles. The first-order chi connectivity index (χ1) is 9.45. The number of halogens is 2. The van der Waals surface area contributed by atoms with E-state index in [1.807, 2.05) is 0 Å². The first-order valence-corrected chi connectivity index (χ1v) is 7.37. The summed E-state index contributed by atoms with van der Waals surface area (Å²) in [6.07, 6.45) is 1.11. The maximum atomic E-state index is 13.7. The highest BCUT2D eigenvalue weighted by atomic mass is 19.1. The summed E-state index contributed by atoms with van der Waals surface area (Å²) < 4.78 is 27.0. The smallest absolute Gasteiger partial charge is 0.127 e. The number of hydrogen-bond acceptors (Lipinski definition) is 2. The first kappa shape index (κ1) is 15.4. The molecule has 1 aromatic rings. The maximum absolute atomic E-state index is 13.7. The van der Waals surface area contributed by atoms with Gasteiger partial charge in [-0.05, 0) is 37.5 Å². The van der Waals surface area contributed by atoms with Crippen molar-refractivity contribution < 1.29 is 8.78 Å². The van der Waals surface area contributed by atoms with Crippen LogP contribution in [0.3, 0.4) is 0 Å². The molecule has 0 amide bonds. The molecule has 1 fully saturated rings. The summed E-state index contributed by atoms with van der Waals surface area (Å²) in [5.41, 5.74) is 0.446. The molecule has 1 N–H and O–H groups in total. The molecule has 2 unspecified atom stereocenters. The lowest BCUT2D eigenvalue weighted by molar-refractivity contribution is 0.123. The number of nitrogens with zero attached hydrogens (tertiary/aromatic N) is 1. The summed E-state index contributed by atoms with van der Waals surface area (Å²) in [7, 11) is 0. The third kappa shape index (κ3) is 4.00. The van der Waals surface area contributed by atoms with Crippen LogP contribution in [0.5, 0.6) is 0 Å². The molecule has 1 aromatic carbocycles. The topological polar surface area (TPSA) is 15.3 Å². The van der Waals surface area contributed by atoms with Crippen molar-refractivity contribution in [2.24, 2.45) is 5.92 Å². The van der Waals surface area contributed by atoms with Crippen molar-refractivity contribution in [3.8, 4) is 0 Å². The van der Waals surface area contributed by atoms with E-state index in [0.29, 0.717) is 30.1 Å². The van der Waals surface area contributed by atoms with E-state index in [9.17, 15) is 8.78 Å². The van der Waals surface area contributed by atoms with Gasteiger partial charge in [-0.15, -0.1) is 0 Å². The van der Waals surface area contributed by atoms with Gasteiger partial charge < -0.3 is 5.32 Å². The lowest BCUT2D eigenvalue weighted by Gasteiger charge is -2.39. The zero-order valence-corrected chi connectivity index (χ0v) is 12.5. The monoisotopic (exact) mass is 282 g/mol. The molecular formula is C16H24F2N2. The van der Waals surface area contributed by atoms with Crippen molar-refractivity contribution in [2.45, 2.75) is 45.8 Å². The highest BCUT2D eigenvalue weighted by molar-refractivity contribution is 5.19. The van der Waals surface area contributed by atoms with Crippen LogP contribution >= 0.6 is 0 Å². The van der Waals surface area contributed by atoms with Crippen LogP contribution in [0.25, 0.3) is 0 Å². The quantitative estimate of drug-likeness (QED) is 0.912. The van der Waals surface area contributed by atoms with Crippen molar-refractivity contribution >= 4 is 0 Å². The van der Waals surface area contributed by atoms with Gasteiger partial charge in [0.2, 0.25) is 0 Å². The molecule has 0 saturated carbocycles. The van der Waals surface area contributed by atoms with E-state index in [1.165, 1.54) is 18.2 Å². The number of benzene rings is 1. The van der Waals surface area contributed by atoms with E-state index in [1.54, 1.807) is 0 Å². The Hall–Kier alpha value is -1.00. The molecule has 2 rings (SSSR count). The second-order valence-corrected chi connectivity index (χ2v) is 6.25. The van der Waals surface area contributed by atoms with Crippen LogP contribution in [-0.4, -0.2) is 30.1 Å². The molecule has 0 bridgehead atoms. The van der Waals surface area contributed by atoms with Crippen molar-refractivity contribution in [1.29, 1.82) is 0 Å². The van der Waals surface area contributed by atoms with E-state index < -0.39 is 0 Å². The molecule has 2 nitrogen and oxygen atoms in total. The van der Waals surface area contributed by atoms with Gasteiger partial charge in [0.25, 0.3) is 0 Å². The molecule has 0 spiro atoms. The Morgan fingerprint density at radius 3 is 2.80 bits per heavy atom. The number of piperazine rings is 1. The van der Waals surface area contributed by atoms with Crippen LogP contribution in [0.1, 0.15) is 32.8 Å². The van der Waals surface area contributed by atoms with Gasteiger partial charge in [-0.2, -0.15) is 0 Å². The standard InChI is InChI=1S/C16H24F2N2/c1-11(2)6-15-10-20(12(3)8-19-15)9-13-7-14(17)4-5-16(13)18/h4-5,7,11-12,15,19H,6,8-10H2,1-3H3. The van der Waals surface area contributed by atoms with Crippen LogP contribution < -0.4 is 5.32 Å². The van der Waals surface area contributed by atoms with Crippen LogP contribution in [0.4, 0.5) is 8.78 Å². The van der Waals surface area contributed by atoms with Crippen molar-refractivity contribution in [1.82, 2.24) is 10.2 Å². The van der Waals surface area contributed by atoms with Crippen molar-refractivity contribution in [2.75, 3.05) is 13.1 Å². The Morgan fingerprint density at radius 1 is 1.35 bits per heavy atom. The summed E-state index contributed by atoms with van der Waals surface area (Å²) in [5.74, 6) is -0.0610. The van der Waals surface area contributed by atoms with E-state index >= 15 is 0 Å². The minimum absolute atomic E-state index is 0.322. The van der Waals surface area contributed by atoms with Crippen molar-refractivity contribution in [3.63, 3.8) is 0 Å². The molecule has 1 aliphatic heterocycles. The van der Waals surface area contributed by atoms with Gasteiger partial charge in [0, 0.05) is 37.3 Å². The Bertz CT molecular complexity index is 448. The van der Waals surface area contributed by atoms with Gasteiger partial charge in [-0.25, -0.2) is 8.78 Å². The number of rotatable bonds is 4. The summed E-state index contributed by atoms with van der Waals surface area (Å²) in [5, 5.41) is 3.53. The van der Waals surface area contributed by atoms with Crippen LogP contribution in [0.2, 0.25) is 0 Å². The number of nitrogens with one attached hydrogen (secondary N) is 1. The van der Waals surface area contributed by atoms with E-state index in [2.05, 4.69) is 31.0 Å². The summed E-state index contributed by atoms with van der Waals surface area (Å²) in [6.45, 7) is 8.78. The van der Waals surface area contributed by atoms with E-state index in [4.69, 9.17) is 0 Å². The Balaban J connectivity index is 2.04. The molecule has 0 radical (unpaired) electrons. The molecule has 1 aliphatic rings. The second-order valence-electron chi connectivity index (χ2n) is 6.25. The lowest BCUT2D eigenvalue weighted by atomic mass is 9.99. The zero-order chi connectivity index (χ0) is 14.7. The van der Waals surface area contributed by atoms with Gasteiger partial charge in [0.15, 0.2) is 0 Å². The minimum Gasteiger partial charge on any atom is -0.311 e. The Labute approximate surface area is 120 Å². The molecular weight excluding hydrogens is 258 g/mol. The highest BCUT2D eigenvalue weighted by Crippen LogP contribution is 2.18. The first-order valence-electron chi connectivity index (χ1n) is 7.37. The van der Waals surface area contributed by atoms with Gasteiger partial charge >= 0.3 is 0 Å². The average molecular weight is 282 g/mol. The maximum Gasteiger partial charge on any atom is 0.127 e. The molecule has 4 heteroatoms. The van der Waals surface area contributed by atoms with E-state index in [0.717, 1.165) is 19.5 Å². The van der Waals surface area contributed by atoms with Gasteiger partial charge in [0.1, 0.15) is 11.6 Å². The molecule has 0 aliphatic carbocycles. The van der Waals surface area contributed by atoms with Crippen LogP contribution in [0, 0.1) is 17.6 Å². The van der Waals surface area contributed by atoms with Gasteiger partial charge in [-0.3, -0.25) is 4.90 Å². The summed E-state index contributed by atoms with van der Waals surface area (Å²) in [4.78, 5) is 2.24. The SMILES string of the molecule is CC(C)CC1CN(Cc2cc(F)ccc2F)C(C)CN1. The normalized spacial score (nSPS) is 24.3. The second kappa shape index (κ2) is 6.64. The zero-order valence-electron chi connectivity index (χ0n) is 12.5. The molecule has 112 valence electrons. The average Bonchev–Trinajstić information content (AvgIpc) is 2.37. The van der Waals surface area contributed by atoms with Crippen LogP contribution in [0.15, 0.2) is 18.2 Å². The van der Waals surface area contributed by atoms with Gasteiger partial charge in [0.05, 0.1) is 0 Å². The third-order valence-corrected chi connectivity index (χ3v) is 3.92. The predicted molar refractivity (Wildman–Crippen MR) is 77.5 cm³/mol. The van der Waals surface area contributed by atoms with Gasteiger partial charge in [-0.1, -0.05) is 13.8 Å². The Morgan fingerprint density at radius 2 is 2.10 bits per heavy atom. The number of hydrogen-bond donors (Lipinski definition) is 1. The third-order valence-electron chi connectivity index (χ3n) is 3.92. The van der Waals surface area contributed by atoms with Crippen LogP contribution in [-0.2, 0) is 6.54 Å². The largest absolute Gasteiger partial charge is 0.311 e. The summed E-state index contributed by atoms with van der Waals surface area (Å²) >= 11 is 0. The molecule has 2 atom stereocenters. The fraction of sp³-hybridized carbons (Fsp3) is 0.625. The predicted octanol–water partition coefficient (Wildman–Crippen LogP) is 3.17. The fourth-order valence-corrected chi connectivity index (χ4v) is 2.82. The fourth-order valence-electron chi connectivity index (χ4n) is 2.82. The molecule has 20 heavy (non-hydrogen) atoms. The molecule has 0 aromatic heterocycles. The Kier molecular flexibility index (Phi) is 5.11. The highest BCUT2D eigenvalue weighted by Gasteiger charge is 2.26. The van der Waals surface area contributed by atoms with E-state index in [-0.39, 0.29) is 11.6 Å². The molecule has 1 saturated heterocycles. The summed E-state index contributed by atoms with van der Waals surface area (Å²) in [6, 6.07) is 4.45.